The Morgan fingerprint density at radius 3 is 2.55 bits per heavy atom. The summed E-state index contributed by atoms with van der Waals surface area (Å²) in [6.45, 7) is 0. The fourth-order valence-corrected chi connectivity index (χ4v) is 3.77. The number of furan rings is 1. The Kier molecular flexibility index (Phi) is 3.37. The normalized spacial score (nSPS) is 11.4. The van der Waals surface area contributed by atoms with Gasteiger partial charge in [-0.25, -0.2) is 0 Å². The van der Waals surface area contributed by atoms with Crippen molar-refractivity contribution in [2.24, 2.45) is 0 Å². The number of hydrogen-bond donors (Lipinski definition) is 2. The van der Waals surface area contributed by atoms with E-state index in [1.165, 1.54) is 0 Å². The van der Waals surface area contributed by atoms with E-state index in [9.17, 15) is 0 Å². The highest BCUT2D eigenvalue weighted by atomic mass is 16.3. The van der Waals surface area contributed by atoms with Crippen LogP contribution in [0.15, 0.2) is 84.2 Å². The van der Waals surface area contributed by atoms with Gasteiger partial charge in [-0.1, -0.05) is 6.07 Å². The topological polar surface area (TPSA) is 83.4 Å². The summed E-state index contributed by atoms with van der Waals surface area (Å²) in [6, 6.07) is 14.4. The lowest BCUT2D eigenvalue weighted by Gasteiger charge is -2.01. The number of H-pyrrole nitrogens is 2. The maximum absolute atomic E-state index is 5.25. The van der Waals surface area contributed by atoms with Crippen LogP contribution in [-0.2, 0) is 0 Å². The number of nitrogens with one attached hydrogen (secondary N) is 2. The Balaban J connectivity index is 1.53. The van der Waals surface area contributed by atoms with Crippen molar-refractivity contribution in [3.8, 4) is 33.6 Å². The maximum atomic E-state index is 5.25. The first-order valence-corrected chi connectivity index (χ1v) is 9.25. The molecule has 5 heterocycles. The molecule has 2 N–H and O–H groups in total. The summed E-state index contributed by atoms with van der Waals surface area (Å²) in [5.74, 6) is 0. The smallest absolute Gasteiger partial charge is 0.116 e. The molecule has 6 nitrogen and oxygen atoms in total. The molecule has 0 spiro atoms. The molecule has 138 valence electrons. The number of nitrogens with zero attached hydrogens (tertiary/aromatic N) is 3. The van der Waals surface area contributed by atoms with Gasteiger partial charge in [0.1, 0.15) is 5.69 Å². The van der Waals surface area contributed by atoms with Crippen molar-refractivity contribution in [2.45, 2.75) is 0 Å². The summed E-state index contributed by atoms with van der Waals surface area (Å²) in [4.78, 5) is 11.9. The molecule has 0 saturated carbocycles. The molecule has 0 aliphatic heterocycles. The van der Waals surface area contributed by atoms with Gasteiger partial charge in [-0.05, 0) is 47.5 Å². The predicted octanol–water partition coefficient (Wildman–Crippen LogP) is 5.43. The highest BCUT2D eigenvalue weighted by Crippen LogP contribution is 2.34. The third-order valence-corrected chi connectivity index (χ3v) is 5.21. The van der Waals surface area contributed by atoms with Crippen LogP contribution in [0.1, 0.15) is 0 Å². The highest BCUT2D eigenvalue weighted by Gasteiger charge is 2.15. The van der Waals surface area contributed by atoms with Gasteiger partial charge in [0, 0.05) is 40.5 Å². The van der Waals surface area contributed by atoms with Crippen molar-refractivity contribution in [1.29, 1.82) is 0 Å². The SMILES string of the molecule is c1cc(-c2ccc3[nH]nc(-c4cc5c(-c6ccoc6)cncc5[nH]4)c3c2)ccn1. The van der Waals surface area contributed by atoms with Crippen LogP contribution >= 0.6 is 0 Å². The lowest BCUT2D eigenvalue weighted by Crippen LogP contribution is -1.81. The van der Waals surface area contributed by atoms with E-state index in [2.05, 4.69) is 49.4 Å². The van der Waals surface area contributed by atoms with Crippen LogP contribution in [0, 0.1) is 0 Å². The Hall–Kier alpha value is -4.19. The molecule has 0 fully saturated rings. The zero-order valence-corrected chi connectivity index (χ0v) is 15.3. The van der Waals surface area contributed by atoms with Gasteiger partial charge in [0.05, 0.1) is 35.5 Å². The fourth-order valence-electron chi connectivity index (χ4n) is 3.77. The van der Waals surface area contributed by atoms with Gasteiger partial charge in [0.15, 0.2) is 0 Å². The van der Waals surface area contributed by atoms with Crippen LogP contribution < -0.4 is 0 Å². The van der Waals surface area contributed by atoms with Gasteiger partial charge in [-0.15, -0.1) is 0 Å². The molecule has 0 radical (unpaired) electrons. The van der Waals surface area contributed by atoms with Gasteiger partial charge in [0.25, 0.3) is 0 Å². The second kappa shape index (κ2) is 6.17. The first kappa shape index (κ1) is 15.8. The minimum absolute atomic E-state index is 0.880. The summed E-state index contributed by atoms with van der Waals surface area (Å²) < 4.78 is 5.25. The molecule has 6 heteroatoms. The second-order valence-electron chi connectivity index (χ2n) is 6.91. The summed E-state index contributed by atoms with van der Waals surface area (Å²) in [6.07, 6.45) is 10.7. The molecule has 29 heavy (non-hydrogen) atoms. The lowest BCUT2D eigenvalue weighted by molar-refractivity contribution is 0.568. The van der Waals surface area contributed by atoms with Gasteiger partial charge in [0.2, 0.25) is 0 Å². The van der Waals surface area contributed by atoms with Crippen LogP contribution in [0.5, 0.6) is 0 Å². The number of fused-ring (bicyclic) bond motifs is 2. The Bertz CT molecular complexity index is 1450. The monoisotopic (exact) mass is 377 g/mol. The molecule has 0 saturated heterocycles. The van der Waals surface area contributed by atoms with E-state index >= 15 is 0 Å². The number of aromatic nitrogens is 5. The fraction of sp³-hybridized carbons (Fsp3) is 0. The molecule has 0 bridgehead atoms. The van der Waals surface area contributed by atoms with E-state index in [0.717, 1.165) is 55.4 Å². The summed E-state index contributed by atoms with van der Waals surface area (Å²) in [5.41, 5.74) is 8.04. The second-order valence-corrected chi connectivity index (χ2v) is 6.91. The molecule has 0 amide bonds. The van der Waals surface area contributed by atoms with E-state index in [0.29, 0.717) is 0 Å². The van der Waals surface area contributed by atoms with Crippen molar-refractivity contribution in [1.82, 2.24) is 25.1 Å². The molecule has 6 aromatic rings. The lowest BCUT2D eigenvalue weighted by atomic mass is 10.0. The molecule has 0 unspecified atom stereocenters. The predicted molar refractivity (Wildman–Crippen MR) is 112 cm³/mol. The summed E-state index contributed by atoms with van der Waals surface area (Å²) in [7, 11) is 0. The molecule has 6 rings (SSSR count). The van der Waals surface area contributed by atoms with E-state index < -0.39 is 0 Å². The molecule has 1 aromatic carbocycles. The number of aromatic amines is 2. The van der Waals surface area contributed by atoms with E-state index in [4.69, 9.17) is 4.42 Å². The zero-order chi connectivity index (χ0) is 19.2. The molecule has 5 aromatic heterocycles. The maximum Gasteiger partial charge on any atom is 0.116 e. The quantitative estimate of drug-likeness (QED) is 0.431. The number of hydrogen-bond acceptors (Lipinski definition) is 4. The van der Waals surface area contributed by atoms with Crippen LogP contribution in [0.25, 0.3) is 55.4 Å². The largest absolute Gasteiger partial charge is 0.472 e. The van der Waals surface area contributed by atoms with Crippen molar-refractivity contribution in [3.05, 3.63) is 79.8 Å². The van der Waals surface area contributed by atoms with Crippen molar-refractivity contribution in [3.63, 3.8) is 0 Å². The average molecular weight is 377 g/mol. The standard InChI is InChI=1S/C23H15N5O/c1-2-20-18(9-15(1)14-3-6-24-7-4-14)23(28-27-20)21-10-17-19(16-5-8-29-13-16)11-25-12-22(17)26-21/h1-13,26H,(H,27,28). The molecular formula is C23H15N5O. The Morgan fingerprint density at radius 2 is 1.69 bits per heavy atom. The number of pyridine rings is 2. The number of rotatable bonds is 3. The molecule has 0 aliphatic carbocycles. The van der Waals surface area contributed by atoms with E-state index in [-0.39, 0.29) is 0 Å². The van der Waals surface area contributed by atoms with Gasteiger partial charge in [-0.3, -0.25) is 15.1 Å². The van der Waals surface area contributed by atoms with E-state index in [1.54, 1.807) is 24.9 Å². The molecule has 0 atom stereocenters. The third kappa shape index (κ3) is 2.54. The van der Waals surface area contributed by atoms with Crippen LogP contribution in [0.2, 0.25) is 0 Å². The first-order chi connectivity index (χ1) is 14.4. The minimum Gasteiger partial charge on any atom is -0.472 e. The van der Waals surface area contributed by atoms with Crippen molar-refractivity contribution in [2.75, 3.05) is 0 Å². The van der Waals surface area contributed by atoms with Gasteiger partial charge in [-0.2, -0.15) is 5.10 Å². The first-order valence-electron chi connectivity index (χ1n) is 9.25. The highest BCUT2D eigenvalue weighted by molar-refractivity contribution is 6.01. The Labute approximate surface area is 165 Å². The number of benzene rings is 1. The molecule has 0 aliphatic rings. The zero-order valence-electron chi connectivity index (χ0n) is 15.3. The third-order valence-electron chi connectivity index (χ3n) is 5.21. The van der Waals surface area contributed by atoms with Crippen molar-refractivity contribution < 1.29 is 4.42 Å². The van der Waals surface area contributed by atoms with Crippen molar-refractivity contribution >= 4 is 21.8 Å². The van der Waals surface area contributed by atoms with Crippen LogP contribution in [0.3, 0.4) is 0 Å². The average Bonchev–Trinajstić information content (AvgIpc) is 3.52. The van der Waals surface area contributed by atoms with Crippen LogP contribution in [0.4, 0.5) is 0 Å². The van der Waals surface area contributed by atoms with Gasteiger partial charge < -0.3 is 9.40 Å². The minimum atomic E-state index is 0.880. The van der Waals surface area contributed by atoms with Gasteiger partial charge >= 0.3 is 0 Å². The summed E-state index contributed by atoms with van der Waals surface area (Å²) in [5, 5.41) is 9.86. The van der Waals surface area contributed by atoms with Crippen LogP contribution in [-0.4, -0.2) is 25.1 Å². The molecular weight excluding hydrogens is 362 g/mol. The Morgan fingerprint density at radius 1 is 0.759 bits per heavy atom. The summed E-state index contributed by atoms with van der Waals surface area (Å²) >= 11 is 0. The van der Waals surface area contributed by atoms with E-state index in [1.807, 2.05) is 30.6 Å².